The highest BCUT2D eigenvalue weighted by Crippen LogP contribution is 2.33. The molecular weight excluding hydrogens is 652 g/mol. The summed E-state index contributed by atoms with van der Waals surface area (Å²) >= 11 is 4.08. The summed E-state index contributed by atoms with van der Waals surface area (Å²) in [4.78, 5) is 30.0. The van der Waals surface area contributed by atoms with E-state index < -0.39 is 0 Å². The van der Waals surface area contributed by atoms with Crippen LogP contribution in [-0.4, -0.2) is 43.1 Å². The number of carbonyl (C=O) groups excluding carboxylic acids is 2. The van der Waals surface area contributed by atoms with Gasteiger partial charge in [0.05, 0.1) is 21.7 Å². The molecule has 0 aliphatic rings. The number of hydrogen-bond acceptors (Lipinski definition) is 8. The molecule has 0 bridgehead atoms. The molecule has 0 saturated heterocycles. The van der Waals surface area contributed by atoms with Crippen molar-refractivity contribution in [3.05, 3.63) is 108 Å². The van der Waals surface area contributed by atoms with Crippen LogP contribution in [0.25, 0.3) is 27.3 Å². The maximum atomic E-state index is 13.1. The van der Waals surface area contributed by atoms with Crippen molar-refractivity contribution in [3.63, 3.8) is 0 Å². The van der Waals surface area contributed by atoms with Crippen molar-refractivity contribution in [1.82, 2.24) is 19.7 Å². The van der Waals surface area contributed by atoms with Crippen LogP contribution in [0.5, 0.6) is 0 Å². The molecule has 0 fully saturated rings. The lowest BCUT2D eigenvalue weighted by atomic mass is 9.87. The number of aromatic nitrogens is 4. The Hall–Kier alpha value is -4.52. The molecule has 6 aromatic rings. The van der Waals surface area contributed by atoms with Gasteiger partial charge in [0.1, 0.15) is 5.82 Å². The van der Waals surface area contributed by atoms with Gasteiger partial charge in [-0.25, -0.2) is 9.37 Å². The van der Waals surface area contributed by atoms with E-state index in [2.05, 4.69) is 70.9 Å². The lowest BCUT2D eigenvalue weighted by Crippen LogP contribution is -2.14. The molecule has 2 amide bonds. The fraction of sp³-hybridized carbons (Fsp3) is 0.171. The lowest BCUT2D eigenvalue weighted by molar-refractivity contribution is -0.114. The number of nitrogens with one attached hydrogen (secondary N) is 2. The van der Waals surface area contributed by atoms with E-state index in [0.29, 0.717) is 22.4 Å². The quantitative estimate of drug-likeness (QED) is 0.140. The van der Waals surface area contributed by atoms with Crippen molar-refractivity contribution in [2.75, 3.05) is 22.1 Å². The second kappa shape index (κ2) is 14.1. The summed E-state index contributed by atoms with van der Waals surface area (Å²) < 4.78 is 16.7. The first kappa shape index (κ1) is 32.4. The van der Waals surface area contributed by atoms with E-state index >= 15 is 0 Å². The van der Waals surface area contributed by atoms with E-state index in [4.69, 9.17) is 0 Å². The normalized spacial score (nSPS) is 11.5. The topological polar surface area (TPSA) is 102 Å². The van der Waals surface area contributed by atoms with E-state index in [1.807, 2.05) is 53.1 Å². The summed E-state index contributed by atoms with van der Waals surface area (Å²) in [5, 5.41) is 15.3. The zero-order valence-electron chi connectivity index (χ0n) is 25.9. The summed E-state index contributed by atoms with van der Waals surface area (Å²) in [5.41, 5.74) is 5.09. The molecule has 0 radical (unpaired) electrons. The molecule has 0 unspecified atom stereocenters. The number of anilines is 2. The fourth-order valence-electron chi connectivity index (χ4n) is 4.71. The number of carbonyl (C=O) groups is 2. The highest BCUT2D eigenvalue weighted by Gasteiger charge is 2.19. The van der Waals surface area contributed by atoms with Gasteiger partial charge in [0.25, 0.3) is 0 Å². The molecule has 8 nitrogen and oxygen atoms in total. The summed E-state index contributed by atoms with van der Waals surface area (Å²) in [6, 6.07) is 29.4. The summed E-state index contributed by atoms with van der Waals surface area (Å²) in [6.07, 6.45) is 0. The number of para-hydroxylation sites is 1. The van der Waals surface area contributed by atoms with Crippen LogP contribution in [0.4, 0.5) is 15.8 Å². The highest BCUT2D eigenvalue weighted by atomic mass is 32.2. The predicted molar refractivity (Wildman–Crippen MR) is 190 cm³/mol. The van der Waals surface area contributed by atoms with Crippen molar-refractivity contribution in [3.8, 4) is 17.1 Å². The van der Waals surface area contributed by atoms with Crippen LogP contribution in [0, 0.1) is 5.82 Å². The Labute approximate surface area is 284 Å². The molecule has 0 aliphatic heterocycles. The molecule has 6 rings (SSSR count). The molecule has 2 N–H and O–H groups in total. The summed E-state index contributed by atoms with van der Waals surface area (Å²) in [6.45, 7) is 6.55. The number of thioether (sulfide) groups is 2. The Kier molecular flexibility index (Phi) is 9.71. The van der Waals surface area contributed by atoms with Gasteiger partial charge < -0.3 is 10.6 Å². The van der Waals surface area contributed by atoms with E-state index in [-0.39, 0.29) is 34.6 Å². The average Bonchev–Trinajstić information content (AvgIpc) is 3.68. The van der Waals surface area contributed by atoms with E-state index in [9.17, 15) is 14.0 Å². The summed E-state index contributed by atoms with van der Waals surface area (Å²) in [7, 11) is 0. The number of nitrogens with zero attached hydrogens (tertiary/aromatic N) is 4. The molecule has 2 aromatic heterocycles. The zero-order chi connectivity index (χ0) is 33.0. The monoisotopic (exact) mass is 682 g/mol. The first-order valence-electron chi connectivity index (χ1n) is 14.8. The van der Waals surface area contributed by atoms with Gasteiger partial charge in [0.15, 0.2) is 15.3 Å². The number of thiazole rings is 1. The fourth-order valence-corrected chi connectivity index (χ4v) is 7.37. The van der Waals surface area contributed by atoms with E-state index in [1.165, 1.54) is 64.7 Å². The Morgan fingerprint density at radius 2 is 1.47 bits per heavy atom. The third-order valence-corrected chi connectivity index (χ3v) is 10.2. The molecule has 0 atom stereocenters. The molecule has 47 heavy (non-hydrogen) atoms. The third kappa shape index (κ3) is 8.07. The smallest absolute Gasteiger partial charge is 0.234 e. The number of rotatable bonds is 10. The first-order chi connectivity index (χ1) is 22.6. The van der Waals surface area contributed by atoms with Gasteiger partial charge in [-0.1, -0.05) is 86.8 Å². The van der Waals surface area contributed by atoms with Gasteiger partial charge in [0, 0.05) is 22.6 Å². The molecule has 238 valence electrons. The molecule has 4 aromatic carbocycles. The molecule has 0 spiro atoms. The number of halogens is 1. The van der Waals surface area contributed by atoms with Crippen molar-refractivity contribution >= 4 is 68.3 Å². The van der Waals surface area contributed by atoms with Crippen LogP contribution >= 0.6 is 34.9 Å². The van der Waals surface area contributed by atoms with E-state index in [1.54, 1.807) is 0 Å². The third-order valence-electron chi connectivity index (χ3n) is 7.10. The Bertz CT molecular complexity index is 2020. The van der Waals surface area contributed by atoms with Crippen LogP contribution in [0.3, 0.4) is 0 Å². The predicted octanol–water partition coefficient (Wildman–Crippen LogP) is 8.44. The molecular formula is C35H31FN6O2S3. The molecule has 2 heterocycles. The minimum atomic E-state index is -0.360. The van der Waals surface area contributed by atoms with Gasteiger partial charge in [-0.05, 0) is 65.6 Å². The Balaban J connectivity index is 1.10. The number of benzene rings is 4. The number of hydrogen-bond donors (Lipinski definition) is 2. The number of fused-ring (bicyclic) bond motifs is 1. The standard InChI is InChI=1S/C35H31FN6O2S3/c1-35(2,3)23-11-9-22(10-12-23)32-40-41-33(42(32)27-7-5-4-6-8-27)45-20-30(43)38-26-17-18-28-29(19-26)47-34(39-28)46-21-31(44)37-25-15-13-24(36)14-16-25/h4-19H,20-21H2,1-3H3,(H,37,44)(H,38,43). The van der Waals surface area contributed by atoms with Crippen molar-refractivity contribution < 1.29 is 14.0 Å². The zero-order valence-corrected chi connectivity index (χ0v) is 28.3. The van der Waals surface area contributed by atoms with Crippen molar-refractivity contribution in [2.24, 2.45) is 0 Å². The summed E-state index contributed by atoms with van der Waals surface area (Å²) in [5.74, 6) is 0.261. The van der Waals surface area contributed by atoms with Gasteiger partial charge >= 0.3 is 0 Å². The molecule has 0 aliphatic carbocycles. The minimum Gasteiger partial charge on any atom is -0.325 e. The second-order valence-corrected chi connectivity index (χ2v) is 14.8. The van der Waals surface area contributed by atoms with Crippen LogP contribution in [0.15, 0.2) is 107 Å². The second-order valence-electron chi connectivity index (χ2n) is 11.6. The van der Waals surface area contributed by atoms with Gasteiger partial charge in [0.2, 0.25) is 11.8 Å². The highest BCUT2D eigenvalue weighted by molar-refractivity contribution is 8.01. The van der Waals surface area contributed by atoms with Crippen molar-refractivity contribution in [1.29, 1.82) is 0 Å². The lowest BCUT2D eigenvalue weighted by Gasteiger charge is -2.19. The van der Waals surface area contributed by atoms with Crippen molar-refractivity contribution in [2.45, 2.75) is 35.7 Å². The van der Waals surface area contributed by atoms with Gasteiger partial charge in [-0.2, -0.15) is 0 Å². The van der Waals surface area contributed by atoms with Crippen LogP contribution in [0.2, 0.25) is 0 Å². The number of amides is 2. The Morgan fingerprint density at radius 3 is 2.17 bits per heavy atom. The first-order valence-corrected chi connectivity index (χ1v) is 17.5. The average molecular weight is 683 g/mol. The Morgan fingerprint density at radius 1 is 0.809 bits per heavy atom. The molecule has 0 saturated carbocycles. The molecule has 12 heteroatoms. The van der Waals surface area contributed by atoms with Gasteiger partial charge in [-0.3, -0.25) is 14.2 Å². The van der Waals surface area contributed by atoms with E-state index in [0.717, 1.165) is 25.8 Å². The maximum absolute atomic E-state index is 13.1. The van der Waals surface area contributed by atoms with Crippen LogP contribution < -0.4 is 10.6 Å². The maximum Gasteiger partial charge on any atom is 0.234 e. The van der Waals surface area contributed by atoms with Crippen LogP contribution in [-0.2, 0) is 15.0 Å². The van der Waals surface area contributed by atoms with Gasteiger partial charge in [-0.15, -0.1) is 21.5 Å². The SMILES string of the molecule is CC(C)(C)c1ccc(-c2nnc(SCC(=O)Nc3ccc4nc(SCC(=O)Nc5ccc(F)cc5)sc4c3)n2-c2ccccc2)cc1. The van der Waals surface area contributed by atoms with Crippen LogP contribution in [0.1, 0.15) is 26.3 Å². The largest absolute Gasteiger partial charge is 0.325 e. The minimum absolute atomic E-state index is 0.0388.